The highest BCUT2D eigenvalue weighted by Gasteiger charge is 2.18. The quantitative estimate of drug-likeness (QED) is 0.533. The Morgan fingerprint density at radius 1 is 1.03 bits per heavy atom. The fraction of sp³-hybridized carbons (Fsp3) is 0.286. The van der Waals surface area contributed by atoms with Crippen LogP contribution in [0.1, 0.15) is 29.8 Å². The molecule has 3 N–H and O–H groups in total. The third kappa shape index (κ3) is 7.74. The molecule has 31 heavy (non-hydrogen) atoms. The first-order valence-electron chi connectivity index (χ1n) is 9.51. The maximum Gasteiger partial charge on any atom is 0.338 e. The molecular weight excluding hydrogens is 422 g/mol. The van der Waals surface area contributed by atoms with E-state index in [1.54, 1.807) is 18.2 Å². The SMILES string of the molecule is Cc1cccc(NS(=O)(=O)c2cccc(C(=O)OCC(=O)NC(=O)NCC(C)C)c2)c1. The summed E-state index contributed by atoms with van der Waals surface area (Å²) in [6.07, 6.45) is 0. The zero-order valence-corrected chi connectivity index (χ0v) is 18.3. The van der Waals surface area contributed by atoms with Crippen molar-refractivity contribution in [1.29, 1.82) is 0 Å². The first-order valence-corrected chi connectivity index (χ1v) is 11.0. The molecular formula is C21H25N3O6S. The van der Waals surface area contributed by atoms with Crippen molar-refractivity contribution in [3.63, 3.8) is 0 Å². The molecule has 0 aliphatic heterocycles. The van der Waals surface area contributed by atoms with Gasteiger partial charge in [0.15, 0.2) is 6.61 Å². The van der Waals surface area contributed by atoms with E-state index < -0.39 is 34.5 Å². The van der Waals surface area contributed by atoms with E-state index in [-0.39, 0.29) is 16.4 Å². The average Bonchev–Trinajstić information content (AvgIpc) is 2.70. The van der Waals surface area contributed by atoms with Crippen LogP contribution in [0.25, 0.3) is 0 Å². The van der Waals surface area contributed by atoms with Crippen LogP contribution in [-0.2, 0) is 19.6 Å². The van der Waals surface area contributed by atoms with E-state index in [0.717, 1.165) is 11.6 Å². The van der Waals surface area contributed by atoms with E-state index in [2.05, 4.69) is 10.0 Å². The monoisotopic (exact) mass is 447 g/mol. The van der Waals surface area contributed by atoms with Crippen LogP contribution in [0.5, 0.6) is 0 Å². The van der Waals surface area contributed by atoms with Crippen molar-refractivity contribution in [3.05, 3.63) is 59.7 Å². The van der Waals surface area contributed by atoms with Crippen molar-refractivity contribution in [3.8, 4) is 0 Å². The Morgan fingerprint density at radius 3 is 2.42 bits per heavy atom. The van der Waals surface area contributed by atoms with Gasteiger partial charge in [0.2, 0.25) is 0 Å². The molecule has 0 heterocycles. The second-order valence-electron chi connectivity index (χ2n) is 7.23. The van der Waals surface area contributed by atoms with Gasteiger partial charge in [-0.05, 0) is 48.7 Å². The molecule has 0 fully saturated rings. The lowest BCUT2D eigenvalue weighted by atomic mass is 10.2. The number of ether oxygens (including phenoxy) is 1. The summed E-state index contributed by atoms with van der Waals surface area (Å²) in [6.45, 7) is 5.32. The third-order valence-corrected chi connectivity index (χ3v) is 5.29. The lowest BCUT2D eigenvalue weighted by molar-refractivity contribution is -0.123. The van der Waals surface area contributed by atoms with Gasteiger partial charge in [-0.25, -0.2) is 18.0 Å². The molecule has 166 valence electrons. The van der Waals surface area contributed by atoms with Gasteiger partial charge in [0.1, 0.15) is 0 Å². The maximum atomic E-state index is 12.6. The normalized spacial score (nSPS) is 11.0. The van der Waals surface area contributed by atoms with Crippen LogP contribution < -0.4 is 15.4 Å². The van der Waals surface area contributed by atoms with E-state index in [1.807, 2.05) is 32.2 Å². The lowest BCUT2D eigenvalue weighted by Crippen LogP contribution is -2.42. The summed E-state index contributed by atoms with van der Waals surface area (Å²) >= 11 is 0. The number of sulfonamides is 1. The Labute approximate surface area is 181 Å². The summed E-state index contributed by atoms with van der Waals surface area (Å²) in [5.74, 6) is -1.49. The van der Waals surface area contributed by atoms with Gasteiger partial charge < -0.3 is 10.1 Å². The highest BCUT2D eigenvalue weighted by atomic mass is 32.2. The fourth-order valence-corrected chi connectivity index (χ4v) is 3.53. The van der Waals surface area contributed by atoms with Gasteiger partial charge in [0.05, 0.1) is 10.5 Å². The topological polar surface area (TPSA) is 131 Å². The van der Waals surface area contributed by atoms with Gasteiger partial charge in [-0.1, -0.05) is 32.0 Å². The molecule has 0 saturated heterocycles. The summed E-state index contributed by atoms with van der Waals surface area (Å²) in [5, 5.41) is 4.53. The Hall–Kier alpha value is -3.40. The maximum absolute atomic E-state index is 12.6. The van der Waals surface area contributed by atoms with Crippen molar-refractivity contribution in [1.82, 2.24) is 10.6 Å². The second-order valence-corrected chi connectivity index (χ2v) is 8.91. The number of hydrogen-bond donors (Lipinski definition) is 3. The van der Waals surface area contributed by atoms with Gasteiger partial charge in [-0.15, -0.1) is 0 Å². The number of rotatable bonds is 8. The van der Waals surface area contributed by atoms with Crippen LogP contribution in [0.2, 0.25) is 0 Å². The lowest BCUT2D eigenvalue weighted by Gasteiger charge is -2.10. The zero-order valence-electron chi connectivity index (χ0n) is 17.5. The largest absolute Gasteiger partial charge is 0.452 e. The molecule has 2 aromatic carbocycles. The molecule has 0 spiro atoms. The molecule has 0 aliphatic rings. The molecule has 0 unspecified atom stereocenters. The van der Waals surface area contributed by atoms with Crippen LogP contribution in [0.15, 0.2) is 53.4 Å². The molecule has 3 amide bonds. The van der Waals surface area contributed by atoms with Crippen molar-refractivity contribution in [2.45, 2.75) is 25.7 Å². The predicted molar refractivity (Wildman–Crippen MR) is 115 cm³/mol. The molecule has 0 radical (unpaired) electrons. The summed E-state index contributed by atoms with van der Waals surface area (Å²) in [6, 6.07) is 11.4. The first-order chi connectivity index (χ1) is 14.6. The predicted octanol–water partition coefficient (Wildman–Crippen LogP) is 2.43. The summed E-state index contributed by atoms with van der Waals surface area (Å²) in [4.78, 5) is 35.4. The minimum Gasteiger partial charge on any atom is -0.452 e. The standard InChI is InChI=1S/C21H25N3O6S/c1-14(2)12-22-21(27)23-19(25)13-30-20(26)16-7-5-9-18(11-16)31(28,29)24-17-8-4-6-15(3)10-17/h4-11,14,24H,12-13H2,1-3H3,(H2,22,23,25,27). The van der Waals surface area contributed by atoms with E-state index in [4.69, 9.17) is 4.74 Å². The number of urea groups is 1. The van der Waals surface area contributed by atoms with Crippen molar-refractivity contribution in [2.24, 2.45) is 5.92 Å². The second kappa shape index (κ2) is 10.6. The van der Waals surface area contributed by atoms with Crippen LogP contribution in [0, 0.1) is 12.8 Å². The Bertz CT molecular complexity index is 1070. The van der Waals surface area contributed by atoms with E-state index in [0.29, 0.717) is 12.2 Å². The third-order valence-electron chi connectivity index (χ3n) is 3.91. The van der Waals surface area contributed by atoms with Gasteiger partial charge >= 0.3 is 12.0 Å². The van der Waals surface area contributed by atoms with Crippen LogP contribution in [-0.4, -0.2) is 39.5 Å². The Kier molecular flexibility index (Phi) is 8.14. The van der Waals surface area contributed by atoms with Crippen molar-refractivity contribution >= 4 is 33.6 Å². The van der Waals surface area contributed by atoms with Crippen LogP contribution in [0.3, 0.4) is 0 Å². The number of benzene rings is 2. The molecule has 10 heteroatoms. The molecule has 0 aliphatic carbocycles. The number of nitrogens with one attached hydrogen (secondary N) is 3. The van der Waals surface area contributed by atoms with Crippen LogP contribution >= 0.6 is 0 Å². The minimum atomic E-state index is -3.94. The van der Waals surface area contributed by atoms with Crippen molar-refractivity contribution in [2.75, 3.05) is 17.9 Å². The van der Waals surface area contributed by atoms with Crippen molar-refractivity contribution < 1.29 is 27.5 Å². The van der Waals surface area contributed by atoms with Gasteiger partial charge in [0.25, 0.3) is 15.9 Å². The molecule has 9 nitrogen and oxygen atoms in total. The summed E-state index contributed by atoms with van der Waals surface area (Å²) in [7, 11) is -3.94. The van der Waals surface area contributed by atoms with Gasteiger partial charge in [-0.2, -0.15) is 0 Å². The number of amides is 3. The average molecular weight is 448 g/mol. The number of carbonyl (C=O) groups is 3. The molecule has 0 aromatic heterocycles. The Balaban J connectivity index is 1.98. The highest BCUT2D eigenvalue weighted by Crippen LogP contribution is 2.18. The van der Waals surface area contributed by atoms with Gasteiger partial charge in [0, 0.05) is 12.2 Å². The first kappa shape index (κ1) is 23.9. The Morgan fingerprint density at radius 2 is 1.74 bits per heavy atom. The summed E-state index contributed by atoms with van der Waals surface area (Å²) < 4.78 is 32.5. The molecule has 0 saturated carbocycles. The van der Waals surface area contributed by atoms with Crippen LogP contribution in [0.4, 0.5) is 10.5 Å². The van der Waals surface area contributed by atoms with E-state index >= 15 is 0 Å². The number of aryl methyl sites for hydroxylation is 1. The van der Waals surface area contributed by atoms with E-state index in [9.17, 15) is 22.8 Å². The number of hydrogen-bond acceptors (Lipinski definition) is 6. The number of carbonyl (C=O) groups excluding carboxylic acids is 3. The number of anilines is 1. The summed E-state index contributed by atoms with van der Waals surface area (Å²) in [5.41, 5.74) is 1.22. The molecule has 2 aromatic rings. The fourth-order valence-electron chi connectivity index (χ4n) is 2.43. The van der Waals surface area contributed by atoms with E-state index in [1.165, 1.54) is 18.2 Å². The highest BCUT2D eigenvalue weighted by molar-refractivity contribution is 7.92. The number of imide groups is 1. The molecule has 2 rings (SSSR count). The smallest absolute Gasteiger partial charge is 0.338 e. The zero-order chi connectivity index (χ0) is 23.0. The molecule has 0 bridgehead atoms. The number of esters is 1. The minimum absolute atomic E-state index is 0.0517. The van der Waals surface area contributed by atoms with Gasteiger partial charge in [-0.3, -0.25) is 14.8 Å². The molecule has 0 atom stereocenters.